The number of hydrogen-bond donors (Lipinski definition) is 1. The summed E-state index contributed by atoms with van der Waals surface area (Å²) < 4.78 is 2.05. The third kappa shape index (κ3) is 5.01. The minimum atomic E-state index is -0.0224. The number of aromatic nitrogens is 2. The van der Waals surface area contributed by atoms with Crippen LogP contribution >= 0.6 is 11.6 Å². The third-order valence-corrected chi connectivity index (χ3v) is 4.62. The number of halogens is 1. The van der Waals surface area contributed by atoms with Gasteiger partial charge in [-0.05, 0) is 49.9 Å². The number of anilines is 2. The Morgan fingerprint density at radius 3 is 2.62 bits per heavy atom. The van der Waals surface area contributed by atoms with Crippen LogP contribution in [0.2, 0.25) is 5.02 Å². The highest BCUT2D eigenvalue weighted by molar-refractivity contribution is 6.31. The molecule has 0 atom stereocenters. The van der Waals surface area contributed by atoms with Gasteiger partial charge in [0.15, 0.2) is 0 Å². The Kier molecular flexibility index (Phi) is 6.70. The fourth-order valence-electron chi connectivity index (χ4n) is 3.07. The van der Waals surface area contributed by atoms with Crippen molar-refractivity contribution < 1.29 is 4.79 Å². The van der Waals surface area contributed by atoms with Gasteiger partial charge in [-0.3, -0.25) is 9.48 Å². The van der Waals surface area contributed by atoms with Gasteiger partial charge in [-0.25, -0.2) is 0 Å². The predicted molar refractivity (Wildman–Crippen MR) is 109 cm³/mol. The van der Waals surface area contributed by atoms with E-state index < -0.39 is 0 Å². The number of hydrogen-bond acceptors (Lipinski definition) is 3. The van der Waals surface area contributed by atoms with Crippen molar-refractivity contribution in [1.82, 2.24) is 9.78 Å². The van der Waals surface area contributed by atoms with Crippen molar-refractivity contribution in [3.05, 3.63) is 40.2 Å². The molecule has 0 aliphatic carbocycles. The topological polar surface area (TPSA) is 50.2 Å². The lowest BCUT2D eigenvalue weighted by molar-refractivity contribution is -0.116. The molecule has 5 nitrogen and oxygen atoms in total. The molecule has 1 aromatic carbocycles. The van der Waals surface area contributed by atoms with Crippen LogP contribution in [0.5, 0.6) is 0 Å². The summed E-state index contributed by atoms with van der Waals surface area (Å²) in [5.41, 5.74) is 4.99. The van der Waals surface area contributed by atoms with E-state index in [0.717, 1.165) is 29.3 Å². The highest BCUT2D eigenvalue weighted by Gasteiger charge is 2.15. The molecule has 1 N–H and O–H groups in total. The molecule has 2 aromatic rings. The molecule has 0 radical (unpaired) electrons. The van der Waals surface area contributed by atoms with Crippen molar-refractivity contribution in [2.75, 3.05) is 24.3 Å². The first kappa shape index (κ1) is 20.3. The van der Waals surface area contributed by atoms with Gasteiger partial charge in [0.05, 0.1) is 17.1 Å². The maximum absolute atomic E-state index is 12.5. The maximum atomic E-state index is 12.5. The summed E-state index contributed by atoms with van der Waals surface area (Å²) in [7, 11) is 3.88. The number of carbonyl (C=O) groups excluding carboxylic acids is 1. The van der Waals surface area contributed by atoms with Gasteiger partial charge in [0.25, 0.3) is 0 Å². The Labute approximate surface area is 161 Å². The molecule has 0 saturated carbocycles. The number of aryl methyl sites for hydroxylation is 1. The van der Waals surface area contributed by atoms with Crippen LogP contribution in [0.25, 0.3) is 0 Å². The monoisotopic (exact) mass is 376 g/mol. The third-order valence-electron chi connectivity index (χ3n) is 4.39. The first-order valence-electron chi connectivity index (χ1n) is 8.98. The van der Waals surface area contributed by atoms with E-state index in [4.69, 9.17) is 11.6 Å². The van der Waals surface area contributed by atoms with E-state index in [-0.39, 0.29) is 5.91 Å². The molecule has 0 bridgehead atoms. The lowest BCUT2D eigenvalue weighted by Gasteiger charge is -2.18. The normalized spacial score (nSPS) is 11.1. The smallest absolute Gasteiger partial charge is 0.224 e. The Morgan fingerprint density at radius 2 is 2.00 bits per heavy atom. The first-order valence-corrected chi connectivity index (χ1v) is 9.36. The zero-order valence-electron chi connectivity index (χ0n) is 16.6. The van der Waals surface area contributed by atoms with Gasteiger partial charge in [0, 0.05) is 37.8 Å². The maximum Gasteiger partial charge on any atom is 0.224 e. The van der Waals surface area contributed by atoms with Gasteiger partial charge < -0.3 is 10.2 Å². The van der Waals surface area contributed by atoms with Crippen molar-refractivity contribution in [3.63, 3.8) is 0 Å². The molecular weight excluding hydrogens is 348 g/mol. The predicted octanol–water partition coefficient (Wildman–Crippen LogP) is 4.45. The van der Waals surface area contributed by atoms with E-state index in [0.29, 0.717) is 23.8 Å². The summed E-state index contributed by atoms with van der Waals surface area (Å²) in [4.78, 5) is 14.4. The molecule has 0 aliphatic rings. The second kappa shape index (κ2) is 8.58. The number of nitrogens with zero attached hydrogens (tertiary/aromatic N) is 3. The first-order chi connectivity index (χ1) is 12.2. The second-order valence-electron chi connectivity index (χ2n) is 7.33. The average molecular weight is 377 g/mol. The van der Waals surface area contributed by atoms with E-state index in [1.54, 1.807) is 6.07 Å². The van der Waals surface area contributed by atoms with Gasteiger partial charge in [-0.2, -0.15) is 5.10 Å². The molecule has 1 heterocycles. The lowest BCUT2D eigenvalue weighted by Crippen LogP contribution is -2.17. The molecule has 6 heteroatoms. The number of amides is 1. The number of carbonyl (C=O) groups is 1. The minimum Gasteiger partial charge on any atom is -0.376 e. The van der Waals surface area contributed by atoms with E-state index in [1.165, 1.54) is 5.56 Å². The van der Waals surface area contributed by atoms with Gasteiger partial charge >= 0.3 is 0 Å². The summed E-state index contributed by atoms with van der Waals surface area (Å²) in [5.74, 6) is 0.516. The summed E-state index contributed by atoms with van der Waals surface area (Å²) >= 11 is 6.08. The van der Waals surface area contributed by atoms with Crippen LogP contribution in [0.1, 0.15) is 37.2 Å². The summed E-state index contributed by atoms with van der Waals surface area (Å²) in [6, 6.07) is 5.51. The Hall–Kier alpha value is -2.01. The zero-order valence-corrected chi connectivity index (χ0v) is 17.3. The van der Waals surface area contributed by atoms with E-state index in [2.05, 4.69) is 31.2 Å². The lowest BCUT2D eigenvalue weighted by atomic mass is 10.1. The highest BCUT2D eigenvalue weighted by atomic mass is 35.5. The van der Waals surface area contributed by atoms with Crippen LogP contribution in [0.3, 0.4) is 0 Å². The number of rotatable bonds is 7. The quantitative estimate of drug-likeness (QED) is 0.776. The van der Waals surface area contributed by atoms with Crippen LogP contribution in [-0.2, 0) is 17.8 Å². The average Bonchev–Trinajstić information content (AvgIpc) is 2.78. The molecule has 26 heavy (non-hydrogen) atoms. The fraction of sp³-hybridized carbons (Fsp3) is 0.500. The van der Waals surface area contributed by atoms with Crippen LogP contribution in [0.4, 0.5) is 11.4 Å². The van der Waals surface area contributed by atoms with Crippen molar-refractivity contribution in [2.24, 2.45) is 5.92 Å². The summed E-state index contributed by atoms with van der Waals surface area (Å²) in [6.07, 6.45) is 1.09. The standard InChI is InChI=1S/C20H29ClN4O/c1-13(2)12-25-15(4)17(14(3)23-25)8-10-20(26)22-18-11-16(21)7-9-19(18)24(5)6/h7,9,11,13H,8,10,12H2,1-6H3,(H,22,26). The molecule has 0 fully saturated rings. The number of benzene rings is 1. The molecule has 0 spiro atoms. The minimum absolute atomic E-state index is 0.0224. The van der Waals surface area contributed by atoms with E-state index in [9.17, 15) is 4.79 Å². The van der Waals surface area contributed by atoms with Crippen LogP contribution in [0.15, 0.2) is 18.2 Å². The van der Waals surface area contributed by atoms with Crippen molar-refractivity contribution in [2.45, 2.75) is 47.1 Å². The molecule has 0 unspecified atom stereocenters. The van der Waals surface area contributed by atoms with Crippen molar-refractivity contribution in [1.29, 1.82) is 0 Å². The Bertz CT molecular complexity index is 780. The van der Waals surface area contributed by atoms with Crippen molar-refractivity contribution >= 4 is 28.9 Å². The Balaban J connectivity index is 2.06. The molecule has 1 amide bonds. The largest absolute Gasteiger partial charge is 0.376 e. The van der Waals surface area contributed by atoms with Crippen LogP contribution in [-0.4, -0.2) is 29.8 Å². The zero-order chi connectivity index (χ0) is 19.4. The number of nitrogens with one attached hydrogen (secondary N) is 1. The second-order valence-corrected chi connectivity index (χ2v) is 7.77. The van der Waals surface area contributed by atoms with E-state index >= 15 is 0 Å². The molecule has 2 rings (SSSR count). The van der Waals surface area contributed by atoms with Gasteiger partial charge in [-0.1, -0.05) is 25.4 Å². The summed E-state index contributed by atoms with van der Waals surface area (Å²) in [5, 5.41) is 8.21. The van der Waals surface area contributed by atoms with Gasteiger partial charge in [0.1, 0.15) is 0 Å². The van der Waals surface area contributed by atoms with Crippen molar-refractivity contribution in [3.8, 4) is 0 Å². The highest BCUT2D eigenvalue weighted by Crippen LogP contribution is 2.28. The molecule has 0 aliphatic heterocycles. The SMILES string of the molecule is Cc1nn(CC(C)C)c(C)c1CCC(=O)Nc1cc(Cl)ccc1N(C)C. The summed E-state index contributed by atoms with van der Waals surface area (Å²) in [6.45, 7) is 9.34. The molecule has 0 saturated heterocycles. The fourth-order valence-corrected chi connectivity index (χ4v) is 3.24. The Morgan fingerprint density at radius 1 is 1.31 bits per heavy atom. The molecule has 1 aromatic heterocycles. The van der Waals surface area contributed by atoms with Crippen LogP contribution < -0.4 is 10.2 Å². The molecular formula is C20H29ClN4O. The van der Waals surface area contributed by atoms with Gasteiger partial charge in [-0.15, -0.1) is 0 Å². The molecule has 142 valence electrons. The van der Waals surface area contributed by atoms with Gasteiger partial charge in [0.2, 0.25) is 5.91 Å². The van der Waals surface area contributed by atoms with E-state index in [1.807, 2.05) is 42.7 Å². The van der Waals surface area contributed by atoms with Crippen LogP contribution in [0, 0.1) is 19.8 Å².